The summed E-state index contributed by atoms with van der Waals surface area (Å²) in [6.07, 6.45) is 14.7. The van der Waals surface area contributed by atoms with Gasteiger partial charge in [-0.15, -0.1) is 0 Å². The molecular formula is C28H38. The van der Waals surface area contributed by atoms with Crippen LogP contribution in [-0.2, 0) is 0 Å². The van der Waals surface area contributed by atoms with E-state index in [0.29, 0.717) is 0 Å². The number of aryl methyl sites for hydroxylation is 1. The molecule has 2 saturated carbocycles. The van der Waals surface area contributed by atoms with E-state index in [9.17, 15) is 0 Å². The van der Waals surface area contributed by atoms with Crippen LogP contribution < -0.4 is 0 Å². The van der Waals surface area contributed by atoms with Gasteiger partial charge in [0.25, 0.3) is 0 Å². The lowest BCUT2D eigenvalue weighted by molar-refractivity contribution is 0.156. The van der Waals surface area contributed by atoms with Crippen LogP contribution in [0.5, 0.6) is 0 Å². The monoisotopic (exact) mass is 374 g/mol. The third-order valence-electron chi connectivity index (χ3n) is 7.79. The number of benzene rings is 2. The molecular weight excluding hydrogens is 336 g/mol. The minimum absolute atomic E-state index is 0.791. The zero-order chi connectivity index (χ0) is 19.3. The SMILES string of the molecule is CCCC1CCC(C2CCC(c3ccc(-c4ccc(C)cc4)cc3)CC2)CC1. The third-order valence-corrected chi connectivity index (χ3v) is 7.79. The highest BCUT2D eigenvalue weighted by Crippen LogP contribution is 2.44. The van der Waals surface area contributed by atoms with E-state index >= 15 is 0 Å². The molecule has 150 valence electrons. The van der Waals surface area contributed by atoms with Crippen LogP contribution in [0.1, 0.15) is 88.2 Å². The average Bonchev–Trinajstić information content (AvgIpc) is 2.75. The van der Waals surface area contributed by atoms with Crippen molar-refractivity contribution in [3.05, 3.63) is 59.7 Å². The summed E-state index contributed by atoms with van der Waals surface area (Å²) in [6, 6.07) is 18.4. The molecule has 0 aromatic heterocycles. The molecule has 2 fully saturated rings. The second-order valence-corrected chi connectivity index (χ2v) is 9.67. The van der Waals surface area contributed by atoms with Crippen LogP contribution >= 0.6 is 0 Å². The first-order valence-corrected chi connectivity index (χ1v) is 11.9. The van der Waals surface area contributed by atoms with Crippen molar-refractivity contribution in [2.45, 2.75) is 84.0 Å². The fraction of sp³-hybridized carbons (Fsp3) is 0.571. The summed E-state index contributed by atoms with van der Waals surface area (Å²) in [4.78, 5) is 0. The summed E-state index contributed by atoms with van der Waals surface area (Å²) in [5, 5.41) is 0. The van der Waals surface area contributed by atoms with Crippen molar-refractivity contribution in [2.75, 3.05) is 0 Å². The van der Waals surface area contributed by atoms with Gasteiger partial charge >= 0.3 is 0 Å². The lowest BCUT2D eigenvalue weighted by Crippen LogP contribution is -2.25. The molecule has 0 aliphatic heterocycles. The van der Waals surface area contributed by atoms with Gasteiger partial charge in [0.2, 0.25) is 0 Å². The Bertz CT molecular complexity index is 708. The normalized spacial score (nSPS) is 28.2. The van der Waals surface area contributed by atoms with Gasteiger partial charge in [0.15, 0.2) is 0 Å². The third kappa shape index (κ3) is 4.70. The molecule has 28 heavy (non-hydrogen) atoms. The summed E-state index contributed by atoms with van der Waals surface area (Å²) >= 11 is 0. The van der Waals surface area contributed by atoms with Gasteiger partial charge in [-0.3, -0.25) is 0 Å². The molecule has 0 saturated heterocycles. The van der Waals surface area contributed by atoms with E-state index in [0.717, 1.165) is 23.7 Å². The molecule has 2 aromatic carbocycles. The topological polar surface area (TPSA) is 0 Å². The van der Waals surface area contributed by atoms with Gasteiger partial charge in [-0.25, -0.2) is 0 Å². The molecule has 0 amide bonds. The highest BCUT2D eigenvalue weighted by atomic mass is 14.4. The quantitative estimate of drug-likeness (QED) is 0.492. The fourth-order valence-corrected chi connectivity index (χ4v) is 5.97. The number of rotatable bonds is 5. The van der Waals surface area contributed by atoms with Gasteiger partial charge in [-0.2, -0.15) is 0 Å². The second kappa shape index (κ2) is 9.29. The van der Waals surface area contributed by atoms with Crippen LogP contribution in [-0.4, -0.2) is 0 Å². The summed E-state index contributed by atoms with van der Waals surface area (Å²) in [7, 11) is 0. The van der Waals surface area contributed by atoms with Crippen molar-refractivity contribution in [2.24, 2.45) is 17.8 Å². The average molecular weight is 375 g/mol. The minimum Gasteiger partial charge on any atom is -0.0654 e. The molecule has 0 heterocycles. The summed E-state index contributed by atoms with van der Waals surface area (Å²) in [5.41, 5.74) is 5.58. The molecule has 2 aromatic rings. The highest BCUT2D eigenvalue weighted by molar-refractivity contribution is 5.64. The first-order chi connectivity index (χ1) is 13.7. The zero-order valence-electron chi connectivity index (χ0n) is 18.0. The molecule has 0 radical (unpaired) electrons. The van der Waals surface area contributed by atoms with Gasteiger partial charge in [0, 0.05) is 0 Å². The van der Waals surface area contributed by atoms with Crippen LogP contribution in [0.4, 0.5) is 0 Å². The fourth-order valence-electron chi connectivity index (χ4n) is 5.97. The standard InChI is InChI=1S/C28H38/c1-3-4-22-7-11-24(12-8-22)26-15-19-28(20-16-26)27-17-13-25(14-18-27)23-9-5-21(2)6-10-23/h5-6,9-10,13-14,17-18,22,24,26,28H,3-4,7-8,11-12,15-16,19-20H2,1-2H3. The first-order valence-electron chi connectivity index (χ1n) is 11.9. The van der Waals surface area contributed by atoms with Crippen molar-refractivity contribution in [1.29, 1.82) is 0 Å². The first kappa shape index (κ1) is 19.7. The molecule has 0 N–H and O–H groups in total. The van der Waals surface area contributed by atoms with Gasteiger partial charge in [-0.1, -0.05) is 86.7 Å². The summed E-state index contributed by atoms with van der Waals surface area (Å²) in [5.74, 6) is 3.90. The maximum atomic E-state index is 2.40. The lowest BCUT2D eigenvalue weighted by Gasteiger charge is -2.38. The van der Waals surface area contributed by atoms with E-state index in [1.54, 1.807) is 5.56 Å². The van der Waals surface area contributed by atoms with Gasteiger partial charge < -0.3 is 0 Å². The molecule has 0 unspecified atom stereocenters. The van der Waals surface area contributed by atoms with E-state index in [4.69, 9.17) is 0 Å². The van der Waals surface area contributed by atoms with Crippen molar-refractivity contribution in [3.8, 4) is 11.1 Å². The van der Waals surface area contributed by atoms with Crippen LogP contribution in [0, 0.1) is 24.7 Å². The van der Waals surface area contributed by atoms with E-state index < -0.39 is 0 Å². The van der Waals surface area contributed by atoms with E-state index in [1.807, 2.05) is 0 Å². The number of hydrogen-bond donors (Lipinski definition) is 0. The summed E-state index contributed by atoms with van der Waals surface area (Å²) < 4.78 is 0. The van der Waals surface area contributed by atoms with E-state index in [2.05, 4.69) is 62.4 Å². The predicted molar refractivity (Wildman–Crippen MR) is 122 cm³/mol. The molecule has 0 bridgehead atoms. The van der Waals surface area contributed by atoms with E-state index in [1.165, 1.54) is 80.9 Å². The van der Waals surface area contributed by atoms with Crippen molar-refractivity contribution < 1.29 is 0 Å². The molecule has 2 aliphatic carbocycles. The maximum absolute atomic E-state index is 2.40. The van der Waals surface area contributed by atoms with Crippen LogP contribution in [0.25, 0.3) is 11.1 Å². The Balaban J connectivity index is 1.30. The Labute approximate surface area is 172 Å². The van der Waals surface area contributed by atoms with Crippen molar-refractivity contribution in [3.63, 3.8) is 0 Å². The Morgan fingerprint density at radius 2 is 1.14 bits per heavy atom. The van der Waals surface area contributed by atoms with Crippen LogP contribution in [0.3, 0.4) is 0 Å². The Morgan fingerprint density at radius 3 is 1.68 bits per heavy atom. The van der Waals surface area contributed by atoms with Gasteiger partial charge in [0.1, 0.15) is 0 Å². The van der Waals surface area contributed by atoms with Crippen LogP contribution in [0.15, 0.2) is 48.5 Å². The Morgan fingerprint density at radius 1 is 0.643 bits per heavy atom. The summed E-state index contributed by atoms with van der Waals surface area (Å²) in [6.45, 7) is 4.50. The Hall–Kier alpha value is -1.56. The molecule has 0 spiro atoms. The highest BCUT2D eigenvalue weighted by Gasteiger charge is 2.31. The molecule has 4 rings (SSSR count). The molecule has 0 nitrogen and oxygen atoms in total. The predicted octanol–water partition coefficient (Wildman–Crippen LogP) is 8.54. The largest absolute Gasteiger partial charge is 0.0654 e. The minimum atomic E-state index is 0.791. The van der Waals surface area contributed by atoms with Gasteiger partial charge in [-0.05, 0) is 85.8 Å². The Kier molecular flexibility index (Phi) is 6.55. The smallest absolute Gasteiger partial charge is 0.0162 e. The molecule has 0 heteroatoms. The zero-order valence-corrected chi connectivity index (χ0v) is 18.0. The van der Waals surface area contributed by atoms with Crippen molar-refractivity contribution in [1.82, 2.24) is 0 Å². The van der Waals surface area contributed by atoms with E-state index in [-0.39, 0.29) is 0 Å². The van der Waals surface area contributed by atoms with Crippen LogP contribution in [0.2, 0.25) is 0 Å². The second-order valence-electron chi connectivity index (χ2n) is 9.67. The van der Waals surface area contributed by atoms with Gasteiger partial charge in [0.05, 0.1) is 0 Å². The number of hydrogen-bond acceptors (Lipinski definition) is 0. The maximum Gasteiger partial charge on any atom is -0.0162 e. The molecule has 0 atom stereocenters. The van der Waals surface area contributed by atoms with Crippen molar-refractivity contribution >= 4 is 0 Å². The lowest BCUT2D eigenvalue weighted by atomic mass is 9.68. The molecule has 2 aliphatic rings.